The minimum Gasteiger partial charge on any atom is -0.372 e. The number of aryl methyl sites for hydroxylation is 1. The monoisotopic (exact) mass is 346 g/mol. The van der Waals surface area contributed by atoms with Crippen LogP contribution >= 0.6 is 0 Å². The maximum atomic E-state index is 11.7. The van der Waals surface area contributed by atoms with E-state index in [1.165, 1.54) is 5.56 Å². The number of nitrogens with one attached hydrogen (secondary N) is 2. The summed E-state index contributed by atoms with van der Waals surface area (Å²) in [5.74, 6) is 0.782. The minimum atomic E-state index is -0.470. The summed E-state index contributed by atoms with van der Waals surface area (Å²) in [5, 5.41) is 3.94. The molecule has 3 heterocycles. The Bertz CT molecular complexity index is 746. The number of anilines is 1. The standard InChI is InChI=1S/C17H26N6O2/c1-3-12-7-19-15-14(12)16(22-11-21-15)23-6-5-17(18,10-23)9-20-13(24)8-25-4-2/h7,11H,3-6,8-10,18H2,1-2H3,(H,20,24)(H,19,21,22)/t17-/m0/s1. The minimum absolute atomic E-state index is 0.0754. The van der Waals surface area contributed by atoms with E-state index in [1.807, 2.05) is 13.1 Å². The van der Waals surface area contributed by atoms with E-state index in [0.29, 0.717) is 19.7 Å². The van der Waals surface area contributed by atoms with Crippen LogP contribution in [0.15, 0.2) is 12.5 Å². The first kappa shape index (κ1) is 17.6. The zero-order valence-electron chi connectivity index (χ0n) is 14.8. The topological polar surface area (TPSA) is 109 Å². The van der Waals surface area contributed by atoms with Crippen LogP contribution < -0.4 is 16.0 Å². The van der Waals surface area contributed by atoms with Crippen LogP contribution in [0, 0.1) is 0 Å². The number of hydrogen-bond acceptors (Lipinski definition) is 6. The number of nitrogens with zero attached hydrogens (tertiary/aromatic N) is 3. The first-order chi connectivity index (χ1) is 12.1. The number of fused-ring (bicyclic) bond motifs is 1. The third-order valence-electron chi connectivity index (χ3n) is 4.67. The third-order valence-corrected chi connectivity index (χ3v) is 4.67. The Morgan fingerprint density at radius 1 is 1.48 bits per heavy atom. The molecule has 0 radical (unpaired) electrons. The van der Waals surface area contributed by atoms with Crippen molar-refractivity contribution in [1.82, 2.24) is 20.3 Å². The van der Waals surface area contributed by atoms with Gasteiger partial charge in [0.2, 0.25) is 5.91 Å². The number of H-pyrrole nitrogens is 1. The van der Waals surface area contributed by atoms with Crippen molar-refractivity contribution in [2.45, 2.75) is 32.2 Å². The van der Waals surface area contributed by atoms with Crippen LogP contribution in [0.3, 0.4) is 0 Å². The van der Waals surface area contributed by atoms with Crippen molar-refractivity contribution in [2.24, 2.45) is 5.73 Å². The van der Waals surface area contributed by atoms with E-state index in [1.54, 1.807) is 6.33 Å². The number of hydrogen-bond donors (Lipinski definition) is 3. The zero-order valence-corrected chi connectivity index (χ0v) is 14.8. The second kappa shape index (κ2) is 7.37. The smallest absolute Gasteiger partial charge is 0.246 e. The number of amides is 1. The second-order valence-electron chi connectivity index (χ2n) is 6.54. The van der Waals surface area contributed by atoms with Gasteiger partial charge in [0, 0.05) is 32.4 Å². The molecule has 0 aliphatic carbocycles. The molecule has 1 atom stereocenters. The normalized spacial score (nSPS) is 20.4. The van der Waals surface area contributed by atoms with Crippen molar-refractivity contribution in [1.29, 1.82) is 0 Å². The predicted molar refractivity (Wildman–Crippen MR) is 96.5 cm³/mol. The molecule has 4 N–H and O–H groups in total. The molecule has 2 aromatic rings. The molecule has 0 saturated carbocycles. The third kappa shape index (κ3) is 3.74. The van der Waals surface area contributed by atoms with E-state index >= 15 is 0 Å². The summed E-state index contributed by atoms with van der Waals surface area (Å²) < 4.78 is 5.12. The van der Waals surface area contributed by atoms with Crippen LogP contribution in [0.4, 0.5) is 5.82 Å². The molecule has 2 aromatic heterocycles. The molecule has 0 spiro atoms. The van der Waals surface area contributed by atoms with Gasteiger partial charge in [0.05, 0.1) is 10.9 Å². The second-order valence-corrected chi connectivity index (χ2v) is 6.54. The van der Waals surface area contributed by atoms with Gasteiger partial charge in [0.1, 0.15) is 24.4 Å². The Kier molecular flexibility index (Phi) is 5.19. The van der Waals surface area contributed by atoms with E-state index in [9.17, 15) is 4.79 Å². The average molecular weight is 346 g/mol. The fourth-order valence-electron chi connectivity index (χ4n) is 3.27. The summed E-state index contributed by atoms with van der Waals surface area (Å²) in [6.45, 7) is 6.45. The van der Waals surface area contributed by atoms with Crippen LogP contribution in [0.25, 0.3) is 11.0 Å². The highest BCUT2D eigenvalue weighted by Gasteiger charge is 2.36. The highest BCUT2D eigenvalue weighted by Crippen LogP contribution is 2.31. The number of aromatic nitrogens is 3. The molecule has 8 nitrogen and oxygen atoms in total. The molecule has 3 rings (SSSR count). The summed E-state index contributed by atoms with van der Waals surface area (Å²) in [6, 6.07) is 0. The molecule has 0 aromatic carbocycles. The lowest BCUT2D eigenvalue weighted by molar-refractivity contribution is -0.125. The summed E-state index contributed by atoms with van der Waals surface area (Å²) in [4.78, 5) is 25.9. The molecule has 8 heteroatoms. The fourth-order valence-corrected chi connectivity index (χ4v) is 3.27. The van der Waals surface area contributed by atoms with Crippen LogP contribution in [0.1, 0.15) is 25.8 Å². The van der Waals surface area contributed by atoms with Crippen LogP contribution in [0.5, 0.6) is 0 Å². The molecule has 1 aliphatic heterocycles. The first-order valence-corrected chi connectivity index (χ1v) is 8.75. The van der Waals surface area contributed by atoms with Gasteiger partial charge >= 0.3 is 0 Å². The Balaban J connectivity index is 1.70. The van der Waals surface area contributed by atoms with E-state index in [0.717, 1.165) is 36.2 Å². The van der Waals surface area contributed by atoms with Crippen molar-refractivity contribution in [2.75, 3.05) is 37.7 Å². The highest BCUT2D eigenvalue weighted by molar-refractivity contribution is 5.91. The fraction of sp³-hybridized carbons (Fsp3) is 0.588. The van der Waals surface area contributed by atoms with Crippen molar-refractivity contribution in [3.8, 4) is 0 Å². The SMILES string of the molecule is CCOCC(=O)NC[C@@]1(N)CCN(c2ncnc3[nH]cc(CC)c23)C1. The van der Waals surface area contributed by atoms with Crippen molar-refractivity contribution >= 4 is 22.8 Å². The lowest BCUT2D eigenvalue weighted by Gasteiger charge is -2.25. The quantitative estimate of drug-likeness (QED) is 0.677. The van der Waals surface area contributed by atoms with Gasteiger partial charge in [0.25, 0.3) is 0 Å². The number of rotatable bonds is 7. The van der Waals surface area contributed by atoms with Gasteiger partial charge in [-0.15, -0.1) is 0 Å². The van der Waals surface area contributed by atoms with Gasteiger partial charge in [0.15, 0.2) is 0 Å². The van der Waals surface area contributed by atoms with E-state index in [-0.39, 0.29) is 12.5 Å². The lowest BCUT2D eigenvalue weighted by Crippen LogP contribution is -2.52. The van der Waals surface area contributed by atoms with Crippen molar-refractivity contribution in [3.05, 3.63) is 18.1 Å². The number of aromatic amines is 1. The summed E-state index contributed by atoms with van der Waals surface area (Å²) in [5.41, 5.74) is 8.08. The number of carbonyl (C=O) groups excluding carboxylic acids is 1. The van der Waals surface area contributed by atoms with Gasteiger partial charge in [-0.1, -0.05) is 6.92 Å². The molecular formula is C17H26N6O2. The molecule has 0 unspecified atom stereocenters. The van der Waals surface area contributed by atoms with E-state index in [2.05, 4.69) is 32.1 Å². The molecule has 1 aliphatic rings. The number of ether oxygens (including phenoxy) is 1. The molecule has 25 heavy (non-hydrogen) atoms. The maximum absolute atomic E-state index is 11.7. The molecule has 0 bridgehead atoms. The van der Waals surface area contributed by atoms with Crippen LogP contribution in [0.2, 0.25) is 0 Å². The predicted octanol–water partition coefficient (Wildman–Crippen LogP) is 0.581. The van der Waals surface area contributed by atoms with Gasteiger partial charge in [-0.2, -0.15) is 0 Å². The molecular weight excluding hydrogens is 320 g/mol. The lowest BCUT2D eigenvalue weighted by atomic mass is 10.0. The first-order valence-electron chi connectivity index (χ1n) is 8.75. The molecule has 1 fully saturated rings. The maximum Gasteiger partial charge on any atom is 0.246 e. The molecule has 1 amide bonds. The van der Waals surface area contributed by atoms with Crippen LogP contribution in [-0.4, -0.2) is 59.2 Å². The number of carbonyl (C=O) groups is 1. The van der Waals surface area contributed by atoms with E-state index in [4.69, 9.17) is 10.5 Å². The van der Waals surface area contributed by atoms with E-state index < -0.39 is 5.54 Å². The Hall–Kier alpha value is -2.19. The van der Waals surface area contributed by atoms with Crippen LogP contribution in [-0.2, 0) is 16.0 Å². The van der Waals surface area contributed by atoms with Crippen molar-refractivity contribution in [3.63, 3.8) is 0 Å². The largest absolute Gasteiger partial charge is 0.372 e. The zero-order chi connectivity index (χ0) is 17.9. The summed E-state index contributed by atoms with van der Waals surface area (Å²) in [7, 11) is 0. The van der Waals surface area contributed by atoms with Crippen molar-refractivity contribution < 1.29 is 9.53 Å². The molecule has 136 valence electrons. The van der Waals surface area contributed by atoms with Gasteiger partial charge in [-0.3, -0.25) is 4.79 Å². The molecule has 1 saturated heterocycles. The Labute approximate surface area is 147 Å². The Morgan fingerprint density at radius 3 is 3.08 bits per heavy atom. The number of nitrogens with two attached hydrogens (primary N) is 1. The summed E-state index contributed by atoms with van der Waals surface area (Å²) in [6.07, 6.45) is 5.27. The van der Waals surface area contributed by atoms with Gasteiger partial charge in [-0.05, 0) is 25.3 Å². The highest BCUT2D eigenvalue weighted by atomic mass is 16.5. The summed E-state index contributed by atoms with van der Waals surface area (Å²) >= 11 is 0. The van der Waals surface area contributed by atoms with Gasteiger partial charge in [-0.25, -0.2) is 9.97 Å². The Morgan fingerprint density at radius 2 is 2.32 bits per heavy atom. The average Bonchev–Trinajstić information content (AvgIpc) is 3.22. The van der Waals surface area contributed by atoms with Gasteiger partial charge < -0.3 is 25.7 Å².